The first-order chi connectivity index (χ1) is 10.9. The molecule has 0 aliphatic rings. The first-order valence-corrected chi connectivity index (χ1v) is 9.79. The van der Waals surface area contributed by atoms with Crippen LogP contribution in [-0.2, 0) is 16.6 Å². The SMILES string of the molecule is COc1ccc(S(=O)(=O)N(C)Cc2ccc(SC)cc2)cc1C. The number of nitrogens with zero attached hydrogens (tertiary/aromatic N) is 1. The Hall–Kier alpha value is -1.50. The average Bonchev–Trinajstić information content (AvgIpc) is 2.55. The molecule has 23 heavy (non-hydrogen) atoms. The van der Waals surface area contributed by atoms with Gasteiger partial charge in [-0.3, -0.25) is 0 Å². The number of methoxy groups -OCH3 is 1. The summed E-state index contributed by atoms with van der Waals surface area (Å²) in [6, 6.07) is 12.8. The molecule has 0 aliphatic heterocycles. The normalized spacial score (nSPS) is 11.7. The van der Waals surface area contributed by atoms with Crippen LogP contribution < -0.4 is 4.74 Å². The predicted octanol–water partition coefficient (Wildman–Crippen LogP) is 3.55. The second-order valence-electron chi connectivity index (χ2n) is 5.24. The number of rotatable bonds is 6. The quantitative estimate of drug-likeness (QED) is 0.747. The summed E-state index contributed by atoms with van der Waals surface area (Å²) >= 11 is 1.66. The van der Waals surface area contributed by atoms with Gasteiger partial charge in [-0.1, -0.05) is 12.1 Å². The van der Waals surface area contributed by atoms with Gasteiger partial charge in [-0.15, -0.1) is 11.8 Å². The lowest BCUT2D eigenvalue weighted by Gasteiger charge is -2.18. The van der Waals surface area contributed by atoms with Gasteiger partial charge in [0.25, 0.3) is 0 Å². The molecular formula is C17H21NO3S2. The monoisotopic (exact) mass is 351 g/mol. The molecule has 0 radical (unpaired) electrons. The van der Waals surface area contributed by atoms with Crippen molar-refractivity contribution < 1.29 is 13.2 Å². The van der Waals surface area contributed by atoms with Crippen molar-refractivity contribution in [1.82, 2.24) is 4.31 Å². The minimum atomic E-state index is -3.53. The van der Waals surface area contributed by atoms with Gasteiger partial charge in [-0.25, -0.2) is 8.42 Å². The minimum absolute atomic E-state index is 0.277. The van der Waals surface area contributed by atoms with Gasteiger partial charge in [0.05, 0.1) is 12.0 Å². The first-order valence-electron chi connectivity index (χ1n) is 7.12. The zero-order chi connectivity index (χ0) is 17.0. The fraction of sp³-hybridized carbons (Fsp3) is 0.294. The summed E-state index contributed by atoms with van der Waals surface area (Å²) in [5.74, 6) is 0.680. The van der Waals surface area contributed by atoms with Crippen LogP contribution in [0.1, 0.15) is 11.1 Å². The molecule has 124 valence electrons. The van der Waals surface area contributed by atoms with Crippen LogP contribution in [0.2, 0.25) is 0 Å². The van der Waals surface area contributed by atoms with Gasteiger partial charge in [-0.2, -0.15) is 4.31 Å². The van der Waals surface area contributed by atoms with E-state index in [4.69, 9.17) is 4.74 Å². The smallest absolute Gasteiger partial charge is 0.243 e. The zero-order valence-corrected chi connectivity index (χ0v) is 15.4. The van der Waals surface area contributed by atoms with Crippen molar-refractivity contribution in [2.75, 3.05) is 20.4 Å². The molecular weight excluding hydrogens is 330 g/mol. The Morgan fingerprint density at radius 3 is 2.30 bits per heavy atom. The summed E-state index contributed by atoms with van der Waals surface area (Å²) < 4.78 is 31.9. The largest absolute Gasteiger partial charge is 0.496 e. The fourth-order valence-corrected chi connectivity index (χ4v) is 3.92. The van der Waals surface area contributed by atoms with E-state index in [9.17, 15) is 8.42 Å². The molecule has 6 heteroatoms. The van der Waals surface area contributed by atoms with Crippen LogP contribution in [0.3, 0.4) is 0 Å². The Kier molecular flexibility index (Phi) is 5.73. The fourth-order valence-electron chi connectivity index (χ4n) is 2.26. The van der Waals surface area contributed by atoms with Crippen LogP contribution >= 0.6 is 11.8 Å². The summed E-state index contributed by atoms with van der Waals surface area (Å²) in [5.41, 5.74) is 1.76. The van der Waals surface area contributed by atoms with E-state index >= 15 is 0 Å². The molecule has 2 aromatic carbocycles. The molecule has 4 nitrogen and oxygen atoms in total. The minimum Gasteiger partial charge on any atom is -0.496 e. The molecule has 0 bridgehead atoms. The predicted molar refractivity (Wildman–Crippen MR) is 94.6 cm³/mol. The maximum atomic E-state index is 12.7. The molecule has 0 unspecified atom stereocenters. The number of benzene rings is 2. The van der Waals surface area contributed by atoms with Crippen molar-refractivity contribution in [2.45, 2.75) is 23.3 Å². The van der Waals surface area contributed by atoms with Crippen molar-refractivity contribution in [3.05, 3.63) is 53.6 Å². The van der Waals surface area contributed by atoms with Crippen molar-refractivity contribution in [3.8, 4) is 5.75 Å². The second-order valence-corrected chi connectivity index (χ2v) is 8.17. The highest BCUT2D eigenvalue weighted by Gasteiger charge is 2.21. The third-order valence-corrected chi connectivity index (χ3v) is 6.18. The van der Waals surface area contributed by atoms with E-state index < -0.39 is 10.0 Å². The number of aryl methyl sites for hydroxylation is 1. The van der Waals surface area contributed by atoms with Crippen LogP contribution in [0, 0.1) is 6.92 Å². The Balaban J connectivity index is 2.22. The maximum absolute atomic E-state index is 12.7. The third-order valence-electron chi connectivity index (χ3n) is 3.64. The topological polar surface area (TPSA) is 46.6 Å². The Morgan fingerprint density at radius 1 is 1.13 bits per heavy atom. The van der Waals surface area contributed by atoms with Crippen molar-refractivity contribution in [1.29, 1.82) is 0 Å². The van der Waals surface area contributed by atoms with Gasteiger partial charge in [-0.05, 0) is 54.6 Å². The number of hydrogen-bond donors (Lipinski definition) is 0. The molecule has 0 atom stereocenters. The van der Waals surface area contributed by atoms with E-state index in [2.05, 4.69) is 0 Å². The van der Waals surface area contributed by atoms with Crippen molar-refractivity contribution in [2.24, 2.45) is 0 Å². The molecule has 0 amide bonds. The molecule has 2 rings (SSSR count). The Bertz CT molecular complexity index is 771. The Labute approximate surface area is 142 Å². The number of thioether (sulfide) groups is 1. The number of sulfonamides is 1. The lowest BCUT2D eigenvalue weighted by Crippen LogP contribution is -2.26. The molecule has 2 aromatic rings. The van der Waals surface area contributed by atoms with E-state index in [1.807, 2.05) is 37.4 Å². The number of hydrogen-bond acceptors (Lipinski definition) is 4. The van der Waals surface area contributed by atoms with E-state index in [0.717, 1.165) is 16.0 Å². The highest BCUT2D eigenvalue weighted by atomic mass is 32.2. The number of ether oxygens (including phenoxy) is 1. The summed E-state index contributed by atoms with van der Waals surface area (Å²) in [7, 11) is -0.363. The summed E-state index contributed by atoms with van der Waals surface area (Å²) in [6.45, 7) is 2.17. The lowest BCUT2D eigenvalue weighted by molar-refractivity contribution is 0.411. The van der Waals surface area contributed by atoms with Crippen LogP contribution in [0.4, 0.5) is 0 Å². The van der Waals surface area contributed by atoms with Crippen LogP contribution in [0.5, 0.6) is 5.75 Å². The van der Waals surface area contributed by atoms with Crippen LogP contribution in [-0.4, -0.2) is 33.1 Å². The van der Waals surface area contributed by atoms with Crippen molar-refractivity contribution >= 4 is 21.8 Å². The van der Waals surface area contributed by atoms with E-state index in [-0.39, 0.29) is 4.90 Å². The van der Waals surface area contributed by atoms with Crippen LogP contribution in [0.15, 0.2) is 52.3 Å². The van der Waals surface area contributed by atoms with Crippen LogP contribution in [0.25, 0.3) is 0 Å². The van der Waals surface area contributed by atoms with E-state index in [1.165, 1.54) is 4.31 Å². The highest BCUT2D eigenvalue weighted by Crippen LogP contribution is 2.24. The molecule has 0 aliphatic carbocycles. The molecule has 0 N–H and O–H groups in total. The molecule has 0 spiro atoms. The zero-order valence-electron chi connectivity index (χ0n) is 13.7. The third kappa shape index (κ3) is 4.07. The first kappa shape index (κ1) is 17.8. The van der Waals surface area contributed by atoms with E-state index in [1.54, 1.807) is 44.1 Å². The highest BCUT2D eigenvalue weighted by molar-refractivity contribution is 7.98. The van der Waals surface area contributed by atoms with Gasteiger partial charge in [0.15, 0.2) is 0 Å². The lowest BCUT2D eigenvalue weighted by atomic mass is 10.2. The van der Waals surface area contributed by atoms with E-state index in [0.29, 0.717) is 12.3 Å². The maximum Gasteiger partial charge on any atom is 0.243 e. The van der Waals surface area contributed by atoms with Gasteiger partial charge >= 0.3 is 0 Å². The molecule has 0 fully saturated rings. The molecule has 0 aromatic heterocycles. The van der Waals surface area contributed by atoms with Crippen molar-refractivity contribution in [3.63, 3.8) is 0 Å². The molecule has 0 saturated heterocycles. The summed E-state index contributed by atoms with van der Waals surface area (Å²) in [6.07, 6.45) is 2.01. The van der Waals surface area contributed by atoms with Gasteiger partial charge in [0, 0.05) is 18.5 Å². The Morgan fingerprint density at radius 2 is 1.78 bits per heavy atom. The second kappa shape index (κ2) is 7.38. The summed E-state index contributed by atoms with van der Waals surface area (Å²) in [4.78, 5) is 1.43. The summed E-state index contributed by atoms with van der Waals surface area (Å²) in [5, 5.41) is 0. The average molecular weight is 351 g/mol. The van der Waals surface area contributed by atoms with Gasteiger partial charge < -0.3 is 4.74 Å². The molecule has 0 heterocycles. The van der Waals surface area contributed by atoms with Gasteiger partial charge in [0.2, 0.25) is 10.0 Å². The standard InChI is InChI=1S/C17H21NO3S2/c1-13-11-16(9-10-17(13)21-3)23(19,20)18(2)12-14-5-7-15(22-4)8-6-14/h5-11H,12H2,1-4H3. The molecule has 0 saturated carbocycles. The van der Waals surface area contributed by atoms with Gasteiger partial charge in [0.1, 0.15) is 5.75 Å².